The Morgan fingerprint density at radius 1 is 1.09 bits per heavy atom. The molecule has 0 aliphatic heterocycles. The molecule has 0 aliphatic carbocycles. The average Bonchev–Trinajstić information content (AvgIpc) is 3.44. The van der Waals surface area contributed by atoms with Gasteiger partial charge < -0.3 is 4.98 Å². The molecular formula is C28H27N5. The second kappa shape index (κ2) is 9.49. The summed E-state index contributed by atoms with van der Waals surface area (Å²) in [6.07, 6.45) is 15.5. The minimum absolute atomic E-state index is 0.777. The van der Waals surface area contributed by atoms with E-state index < -0.39 is 0 Å². The highest BCUT2D eigenvalue weighted by Gasteiger charge is 2.12. The molecule has 0 bridgehead atoms. The fourth-order valence-corrected chi connectivity index (χ4v) is 3.71. The monoisotopic (exact) mass is 433 g/mol. The molecule has 0 radical (unpaired) electrons. The standard InChI is InChI=1S/C28H27N5/c1-6-18(3)16-21(7-2)19(4)8-9-25-20(5)27(33-32-25)26-17-24-23(12-15-30-28(24)31-26)22-10-13-29-14-11-22/h6-17,32H,1,5H2,2-4H3,(H,30,31)/b18-16-,19-8+,21-7+,25-9+. The van der Waals surface area contributed by atoms with Gasteiger partial charge in [-0.1, -0.05) is 43.0 Å². The molecule has 5 heteroatoms. The van der Waals surface area contributed by atoms with Gasteiger partial charge in [-0.15, -0.1) is 0 Å². The number of rotatable bonds is 6. The quantitative estimate of drug-likeness (QED) is 0.409. The van der Waals surface area contributed by atoms with Crippen molar-refractivity contribution in [2.24, 2.45) is 0 Å². The maximum Gasteiger partial charge on any atom is 0.138 e. The molecule has 0 aromatic carbocycles. The van der Waals surface area contributed by atoms with Crippen molar-refractivity contribution in [1.29, 1.82) is 0 Å². The van der Waals surface area contributed by atoms with Crippen LogP contribution in [-0.4, -0.2) is 25.1 Å². The van der Waals surface area contributed by atoms with E-state index in [-0.39, 0.29) is 0 Å². The molecule has 0 unspecified atom stereocenters. The van der Waals surface area contributed by atoms with E-state index in [1.54, 1.807) is 12.4 Å². The minimum atomic E-state index is 0.777. The number of pyridine rings is 2. The van der Waals surface area contributed by atoms with Crippen LogP contribution in [0.3, 0.4) is 0 Å². The maximum absolute atomic E-state index is 4.53. The summed E-state index contributed by atoms with van der Waals surface area (Å²) in [5.74, 6) is 0. The first kappa shape index (κ1) is 22.0. The van der Waals surface area contributed by atoms with Gasteiger partial charge in [0.1, 0.15) is 11.3 Å². The highest BCUT2D eigenvalue weighted by molar-refractivity contribution is 5.95. The molecule has 5 nitrogen and oxygen atoms in total. The van der Waals surface area contributed by atoms with Crippen LogP contribution in [-0.2, 0) is 0 Å². The Hall–Kier alpha value is -4.25. The van der Waals surface area contributed by atoms with Crippen LogP contribution in [0.5, 0.6) is 0 Å². The first-order chi connectivity index (χ1) is 16.0. The second-order valence-electron chi connectivity index (χ2n) is 7.86. The number of H-pyrrole nitrogens is 2. The molecule has 0 atom stereocenters. The largest absolute Gasteiger partial charge is 0.338 e. The number of hydrogen-bond acceptors (Lipinski definition) is 3. The molecule has 2 N–H and O–H groups in total. The number of nitrogens with one attached hydrogen (secondary N) is 2. The Labute approximate surface area is 193 Å². The highest BCUT2D eigenvalue weighted by atomic mass is 15.1. The topological polar surface area (TPSA) is 70.2 Å². The SMILES string of the molecule is C=C\C(C)=C/C(=C\C)C(/C)=C/C=c1/[nH]nc(-c2cc3c(-c4ccncc4)ccnc3[nH]2)c1=C. The fourth-order valence-electron chi connectivity index (χ4n) is 3.71. The van der Waals surface area contributed by atoms with Crippen LogP contribution < -0.4 is 10.6 Å². The molecule has 0 saturated heterocycles. The number of aromatic nitrogens is 5. The minimum Gasteiger partial charge on any atom is -0.338 e. The van der Waals surface area contributed by atoms with E-state index in [1.807, 2.05) is 50.4 Å². The summed E-state index contributed by atoms with van der Waals surface area (Å²) in [7, 11) is 0. The van der Waals surface area contributed by atoms with E-state index in [0.29, 0.717) is 0 Å². The van der Waals surface area contributed by atoms with Crippen LogP contribution in [0.25, 0.3) is 46.2 Å². The van der Waals surface area contributed by atoms with Gasteiger partial charge in [-0.05, 0) is 73.4 Å². The third-order valence-electron chi connectivity index (χ3n) is 5.65. The zero-order valence-electron chi connectivity index (χ0n) is 19.2. The van der Waals surface area contributed by atoms with Crippen molar-refractivity contribution in [3.05, 3.63) is 101 Å². The summed E-state index contributed by atoms with van der Waals surface area (Å²) in [5.41, 5.74) is 8.07. The predicted octanol–water partition coefficient (Wildman–Crippen LogP) is 5.23. The van der Waals surface area contributed by atoms with Crippen molar-refractivity contribution in [3.8, 4) is 22.5 Å². The second-order valence-corrected chi connectivity index (χ2v) is 7.86. The zero-order valence-corrected chi connectivity index (χ0v) is 19.2. The summed E-state index contributed by atoms with van der Waals surface area (Å²) in [6.45, 7) is 14.3. The van der Waals surface area contributed by atoms with Gasteiger partial charge in [-0.2, -0.15) is 5.10 Å². The summed E-state index contributed by atoms with van der Waals surface area (Å²) < 4.78 is 0. The first-order valence-electron chi connectivity index (χ1n) is 10.8. The van der Waals surface area contributed by atoms with E-state index in [4.69, 9.17) is 0 Å². The lowest BCUT2D eigenvalue weighted by molar-refractivity contribution is 1.06. The van der Waals surface area contributed by atoms with Crippen LogP contribution in [0.4, 0.5) is 0 Å². The Morgan fingerprint density at radius 3 is 2.61 bits per heavy atom. The first-order valence-corrected chi connectivity index (χ1v) is 10.8. The third-order valence-corrected chi connectivity index (χ3v) is 5.65. The molecule has 0 aliphatic rings. The van der Waals surface area contributed by atoms with Gasteiger partial charge in [0.2, 0.25) is 0 Å². The summed E-state index contributed by atoms with van der Waals surface area (Å²) in [6, 6.07) is 8.08. The molecule has 4 aromatic rings. The summed E-state index contributed by atoms with van der Waals surface area (Å²) in [4.78, 5) is 12.0. The van der Waals surface area contributed by atoms with Crippen LogP contribution >= 0.6 is 0 Å². The van der Waals surface area contributed by atoms with Crippen molar-refractivity contribution in [1.82, 2.24) is 25.1 Å². The van der Waals surface area contributed by atoms with Gasteiger partial charge in [0, 0.05) is 29.2 Å². The molecule has 164 valence electrons. The Bertz CT molecular complexity index is 1510. The molecule has 33 heavy (non-hydrogen) atoms. The predicted molar refractivity (Wildman–Crippen MR) is 138 cm³/mol. The van der Waals surface area contributed by atoms with E-state index in [1.165, 1.54) is 0 Å². The molecule has 4 rings (SSSR count). The van der Waals surface area contributed by atoms with Crippen molar-refractivity contribution >= 4 is 23.7 Å². The van der Waals surface area contributed by atoms with Gasteiger partial charge in [-0.25, -0.2) is 4.98 Å². The summed E-state index contributed by atoms with van der Waals surface area (Å²) >= 11 is 0. The average molecular weight is 434 g/mol. The normalized spacial score (nSPS) is 13.7. The van der Waals surface area contributed by atoms with E-state index in [2.05, 4.69) is 69.5 Å². The van der Waals surface area contributed by atoms with Gasteiger partial charge in [-0.3, -0.25) is 10.1 Å². The molecule has 0 fully saturated rings. The molecule has 4 aromatic heterocycles. The van der Waals surface area contributed by atoms with Gasteiger partial charge >= 0.3 is 0 Å². The Balaban J connectivity index is 1.73. The molecule has 0 saturated carbocycles. The molecule has 0 amide bonds. The summed E-state index contributed by atoms with van der Waals surface area (Å²) in [5, 5.41) is 10.4. The molecule has 0 spiro atoms. The number of fused-ring (bicyclic) bond motifs is 1. The van der Waals surface area contributed by atoms with Crippen LogP contribution in [0.2, 0.25) is 0 Å². The number of nitrogens with zero attached hydrogens (tertiary/aromatic N) is 3. The van der Waals surface area contributed by atoms with E-state index >= 15 is 0 Å². The number of allylic oxidation sites excluding steroid dienone is 7. The van der Waals surface area contributed by atoms with Gasteiger partial charge in [0.25, 0.3) is 0 Å². The molecular weight excluding hydrogens is 406 g/mol. The van der Waals surface area contributed by atoms with E-state index in [0.717, 1.165) is 60.8 Å². The van der Waals surface area contributed by atoms with Crippen LogP contribution in [0, 0.1) is 0 Å². The third kappa shape index (κ3) is 4.53. The van der Waals surface area contributed by atoms with Gasteiger partial charge in [0.05, 0.1) is 11.0 Å². The Morgan fingerprint density at radius 2 is 1.88 bits per heavy atom. The lowest BCUT2D eigenvalue weighted by Gasteiger charge is -2.02. The molecule has 4 heterocycles. The zero-order chi connectivity index (χ0) is 23.4. The van der Waals surface area contributed by atoms with Crippen molar-refractivity contribution in [2.75, 3.05) is 0 Å². The van der Waals surface area contributed by atoms with E-state index in [9.17, 15) is 0 Å². The smallest absolute Gasteiger partial charge is 0.138 e. The van der Waals surface area contributed by atoms with Crippen LogP contribution in [0.15, 0.2) is 90.5 Å². The lowest BCUT2D eigenvalue weighted by atomic mass is 10.0. The Kier molecular flexibility index (Phi) is 6.31. The van der Waals surface area contributed by atoms with Gasteiger partial charge in [0.15, 0.2) is 0 Å². The maximum atomic E-state index is 4.53. The van der Waals surface area contributed by atoms with Crippen molar-refractivity contribution in [3.63, 3.8) is 0 Å². The lowest BCUT2D eigenvalue weighted by Crippen LogP contribution is -2.21. The number of hydrogen-bond donors (Lipinski definition) is 2. The van der Waals surface area contributed by atoms with Crippen molar-refractivity contribution < 1.29 is 0 Å². The highest BCUT2D eigenvalue weighted by Crippen LogP contribution is 2.29. The fraction of sp³-hybridized carbons (Fsp3) is 0.107. The van der Waals surface area contributed by atoms with Crippen molar-refractivity contribution in [2.45, 2.75) is 20.8 Å². The van der Waals surface area contributed by atoms with Crippen LogP contribution in [0.1, 0.15) is 20.8 Å². The number of aromatic amines is 2.